The number of imidazole rings is 2. The summed E-state index contributed by atoms with van der Waals surface area (Å²) in [5, 5.41) is 11.7. The molecule has 206 valence electrons. The lowest BCUT2D eigenvalue weighted by molar-refractivity contribution is -0.385. The van der Waals surface area contributed by atoms with Gasteiger partial charge in [0.2, 0.25) is 0 Å². The Morgan fingerprint density at radius 3 is 2.23 bits per heavy atom. The third-order valence-corrected chi connectivity index (χ3v) is 7.52. The number of unbranched alkanes of at least 4 members (excludes halogenated alkanes) is 2. The molecular formula is C30H33N7O3. The van der Waals surface area contributed by atoms with E-state index in [9.17, 15) is 10.1 Å². The number of benzene rings is 3. The number of anilines is 1. The first kappa shape index (κ1) is 25.8. The number of aromatic nitrogens is 4. The van der Waals surface area contributed by atoms with E-state index >= 15 is 0 Å². The summed E-state index contributed by atoms with van der Waals surface area (Å²) in [6, 6.07) is 17.3. The second kappa shape index (κ2) is 11.0. The predicted molar refractivity (Wildman–Crippen MR) is 158 cm³/mol. The van der Waals surface area contributed by atoms with Crippen LogP contribution in [-0.4, -0.2) is 69.6 Å². The summed E-state index contributed by atoms with van der Waals surface area (Å²) < 4.78 is 5.70. The molecule has 0 unspecified atom stereocenters. The molecule has 0 spiro atoms. The van der Waals surface area contributed by atoms with Crippen LogP contribution in [0.5, 0.6) is 5.75 Å². The van der Waals surface area contributed by atoms with Crippen molar-refractivity contribution in [2.24, 2.45) is 0 Å². The van der Waals surface area contributed by atoms with Crippen molar-refractivity contribution in [2.45, 2.75) is 26.2 Å². The van der Waals surface area contributed by atoms with Gasteiger partial charge in [-0.3, -0.25) is 10.1 Å². The van der Waals surface area contributed by atoms with Crippen molar-refractivity contribution in [1.82, 2.24) is 24.8 Å². The van der Waals surface area contributed by atoms with Gasteiger partial charge in [-0.25, -0.2) is 9.97 Å². The SMILES string of the molecule is CCCCCOc1ccc(-c2nc3ccc(-c4nc5ccc(N6CCN(C)CC6)cc5[nH]4)cc3[nH]2)cc1[N+](=O)[O-]. The molecule has 2 aromatic heterocycles. The zero-order valence-corrected chi connectivity index (χ0v) is 22.8. The average molecular weight is 540 g/mol. The summed E-state index contributed by atoms with van der Waals surface area (Å²) in [5.74, 6) is 1.63. The quantitative estimate of drug-likeness (QED) is 0.134. The number of piperazine rings is 1. The number of hydrogen-bond acceptors (Lipinski definition) is 7. The molecule has 1 fully saturated rings. The van der Waals surface area contributed by atoms with E-state index in [0.717, 1.165) is 78.9 Å². The summed E-state index contributed by atoms with van der Waals surface area (Å²) in [5.41, 5.74) is 6.23. The van der Waals surface area contributed by atoms with Crippen molar-refractivity contribution in [3.63, 3.8) is 0 Å². The highest BCUT2D eigenvalue weighted by Gasteiger charge is 2.19. The molecule has 0 atom stereocenters. The largest absolute Gasteiger partial charge is 0.487 e. The molecule has 1 aliphatic rings. The molecule has 0 amide bonds. The Hall–Kier alpha value is -4.44. The van der Waals surface area contributed by atoms with Gasteiger partial charge >= 0.3 is 5.69 Å². The Balaban J connectivity index is 1.25. The number of nitrogens with zero attached hydrogens (tertiary/aromatic N) is 5. The first-order chi connectivity index (χ1) is 19.5. The lowest BCUT2D eigenvalue weighted by Gasteiger charge is -2.34. The molecule has 10 heteroatoms. The van der Waals surface area contributed by atoms with E-state index in [-0.39, 0.29) is 11.4 Å². The minimum Gasteiger partial charge on any atom is -0.487 e. The first-order valence-corrected chi connectivity index (χ1v) is 13.8. The normalized spacial score (nSPS) is 14.3. The maximum absolute atomic E-state index is 11.7. The fraction of sp³-hybridized carbons (Fsp3) is 0.333. The zero-order valence-electron chi connectivity index (χ0n) is 22.8. The van der Waals surface area contributed by atoms with Gasteiger partial charge in [0.05, 0.1) is 33.6 Å². The monoisotopic (exact) mass is 539 g/mol. The van der Waals surface area contributed by atoms with Gasteiger partial charge in [-0.2, -0.15) is 0 Å². The second-order valence-electron chi connectivity index (χ2n) is 10.4. The van der Waals surface area contributed by atoms with Gasteiger partial charge in [0.1, 0.15) is 11.6 Å². The smallest absolute Gasteiger partial charge is 0.311 e. The molecule has 40 heavy (non-hydrogen) atoms. The van der Waals surface area contributed by atoms with Crippen molar-refractivity contribution in [3.8, 4) is 28.5 Å². The Labute approximate surface area is 232 Å². The zero-order chi connectivity index (χ0) is 27.6. The summed E-state index contributed by atoms with van der Waals surface area (Å²) in [7, 11) is 2.16. The molecule has 3 heterocycles. The molecule has 3 aromatic carbocycles. The molecule has 2 N–H and O–H groups in total. The van der Waals surface area contributed by atoms with Crippen LogP contribution in [0.1, 0.15) is 26.2 Å². The molecule has 0 aliphatic carbocycles. The minimum atomic E-state index is -0.407. The van der Waals surface area contributed by atoms with Gasteiger partial charge in [-0.1, -0.05) is 19.8 Å². The van der Waals surface area contributed by atoms with Crippen molar-refractivity contribution >= 4 is 33.4 Å². The molecule has 0 bridgehead atoms. The van der Waals surface area contributed by atoms with Gasteiger partial charge in [0.25, 0.3) is 0 Å². The van der Waals surface area contributed by atoms with Crippen LogP contribution in [0.25, 0.3) is 44.8 Å². The van der Waals surface area contributed by atoms with Crippen molar-refractivity contribution in [1.29, 1.82) is 0 Å². The highest BCUT2D eigenvalue weighted by atomic mass is 16.6. The molecule has 5 aromatic rings. The van der Waals surface area contributed by atoms with Crippen molar-refractivity contribution in [3.05, 3.63) is 64.7 Å². The van der Waals surface area contributed by atoms with Gasteiger partial charge in [0.15, 0.2) is 5.75 Å². The summed E-state index contributed by atoms with van der Waals surface area (Å²) >= 11 is 0. The number of hydrogen-bond donors (Lipinski definition) is 2. The highest BCUT2D eigenvalue weighted by molar-refractivity contribution is 5.87. The van der Waals surface area contributed by atoms with E-state index in [0.29, 0.717) is 18.0 Å². The third kappa shape index (κ3) is 5.22. The van der Waals surface area contributed by atoms with E-state index in [1.165, 1.54) is 11.8 Å². The van der Waals surface area contributed by atoms with E-state index in [2.05, 4.69) is 56.9 Å². The van der Waals surface area contributed by atoms with Crippen LogP contribution in [0.4, 0.5) is 11.4 Å². The van der Waals surface area contributed by atoms with Crippen LogP contribution in [0, 0.1) is 10.1 Å². The number of ether oxygens (including phenoxy) is 1. The van der Waals surface area contributed by atoms with Crippen molar-refractivity contribution < 1.29 is 9.66 Å². The maximum Gasteiger partial charge on any atom is 0.311 e. The van der Waals surface area contributed by atoms with E-state index < -0.39 is 4.92 Å². The number of rotatable bonds is 9. The van der Waals surface area contributed by atoms with E-state index in [1.54, 1.807) is 12.1 Å². The van der Waals surface area contributed by atoms with E-state index in [4.69, 9.17) is 9.72 Å². The molecule has 1 aliphatic heterocycles. The number of H-pyrrole nitrogens is 2. The number of fused-ring (bicyclic) bond motifs is 2. The fourth-order valence-corrected chi connectivity index (χ4v) is 5.15. The standard InChI is InChI=1S/C30H33N7O3/c1-3-4-5-16-40-28-11-7-21(18-27(28)37(38)39)30-31-23-9-6-20(17-25(23)33-30)29-32-24-10-8-22(19-26(24)34-29)36-14-12-35(2)13-15-36/h6-11,17-19H,3-5,12-16H2,1-2H3,(H,31,33)(H,32,34). The molecule has 1 saturated heterocycles. The van der Waals surface area contributed by atoms with Gasteiger partial charge in [0, 0.05) is 49.1 Å². The van der Waals surface area contributed by atoms with Crippen LogP contribution < -0.4 is 9.64 Å². The fourth-order valence-electron chi connectivity index (χ4n) is 5.15. The highest BCUT2D eigenvalue weighted by Crippen LogP contribution is 2.33. The van der Waals surface area contributed by atoms with Gasteiger partial charge in [-0.05, 0) is 62.0 Å². The number of nitro groups is 1. The molecule has 10 nitrogen and oxygen atoms in total. The lowest BCUT2D eigenvalue weighted by atomic mass is 10.2. The molecule has 0 radical (unpaired) electrons. The topological polar surface area (TPSA) is 116 Å². The van der Waals surface area contributed by atoms with Crippen molar-refractivity contribution in [2.75, 3.05) is 44.7 Å². The second-order valence-corrected chi connectivity index (χ2v) is 10.4. The summed E-state index contributed by atoms with van der Waals surface area (Å²) in [6.45, 7) is 6.71. The molecule has 6 rings (SSSR count). The predicted octanol–water partition coefficient (Wildman–Crippen LogP) is 6.00. The van der Waals surface area contributed by atoms with Gasteiger partial charge in [-0.15, -0.1) is 0 Å². The number of likely N-dealkylation sites (N-methyl/N-ethyl adjacent to an activating group) is 1. The Morgan fingerprint density at radius 1 is 0.875 bits per heavy atom. The van der Waals surface area contributed by atoms with Crippen LogP contribution in [0.15, 0.2) is 54.6 Å². The Bertz CT molecular complexity index is 1670. The summed E-state index contributed by atoms with van der Waals surface area (Å²) in [4.78, 5) is 32.4. The van der Waals surface area contributed by atoms with Crippen LogP contribution in [-0.2, 0) is 0 Å². The number of aromatic amines is 2. The minimum absolute atomic E-state index is 0.0617. The Morgan fingerprint density at radius 2 is 1.52 bits per heavy atom. The number of nitrogens with one attached hydrogen (secondary N) is 2. The Kier molecular flexibility index (Phi) is 7.08. The van der Waals surface area contributed by atoms with Crippen LogP contribution in [0.3, 0.4) is 0 Å². The van der Waals surface area contributed by atoms with Crippen LogP contribution >= 0.6 is 0 Å². The lowest BCUT2D eigenvalue weighted by Crippen LogP contribution is -2.44. The first-order valence-electron chi connectivity index (χ1n) is 13.8. The summed E-state index contributed by atoms with van der Waals surface area (Å²) in [6.07, 6.45) is 2.95. The van der Waals surface area contributed by atoms with E-state index in [1.807, 2.05) is 18.2 Å². The maximum atomic E-state index is 11.7. The van der Waals surface area contributed by atoms with Gasteiger partial charge < -0.3 is 24.5 Å². The third-order valence-electron chi connectivity index (χ3n) is 7.52. The molecular weight excluding hydrogens is 506 g/mol. The number of nitro benzene ring substituents is 1. The molecule has 0 saturated carbocycles. The average Bonchev–Trinajstić information content (AvgIpc) is 3.59. The van der Waals surface area contributed by atoms with Crippen LogP contribution in [0.2, 0.25) is 0 Å².